The number of methoxy groups -OCH3 is 1. The third kappa shape index (κ3) is 7.33. The van der Waals surface area contributed by atoms with Crippen LogP contribution in [0.1, 0.15) is 52.0 Å². The Hall–Kier alpha value is -1.88. The van der Waals surface area contributed by atoms with Gasteiger partial charge in [0.25, 0.3) is 0 Å². The van der Waals surface area contributed by atoms with Crippen molar-refractivity contribution in [3.05, 3.63) is 35.9 Å². The highest BCUT2D eigenvalue weighted by Gasteiger charge is 2.33. The van der Waals surface area contributed by atoms with Gasteiger partial charge >= 0.3 is 11.9 Å². The molecule has 0 amide bonds. The van der Waals surface area contributed by atoms with Gasteiger partial charge in [-0.2, -0.15) is 0 Å². The molecule has 0 aliphatic carbocycles. The van der Waals surface area contributed by atoms with Gasteiger partial charge in [-0.25, -0.2) is 0 Å². The number of benzene rings is 1. The molecule has 0 aromatic heterocycles. The number of hydrogen-bond donors (Lipinski definition) is 0. The number of hydrogen-bond acceptors (Lipinski definition) is 5. The minimum absolute atomic E-state index is 0.0476. The van der Waals surface area contributed by atoms with Crippen LogP contribution in [0.2, 0.25) is 0 Å². The third-order valence-electron chi connectivity index (χ3n) is 5.00. The molecule has 0 spiro atoms. The molecule has 2 rings (SSSR count). The Bertz CT molecular complexity index is 608. The van der Waals surface area contributed by atoms with Crippen LogP contribution in [0.4, 0.5) is 0 Å². The van der Waals surface area contributed by atoms with E-state index in [1.165, 1.54) is 12.7 Å². The van der Waals surface area contributed by atoms with Gasteiger partial charge in [-0.05, 0) is 58.6 Å². The lowest BCUT2D eigenvalue weighted by molar-refractivity contribution is -0.156. The highest BCUT2D eigenvalue weighted by molar-refractivity contribution is 5.72. The lowest BCUT2D eigenvalue weighted by Crippen LogP contribution is -2.45. The molecule has 1 aliphatic rings. The summed E-state index contributed by atoms with van der Waals surface area (Å²) in [4.78, 5) is 26.4. The predicted octanol–water partition coefficient (Wildman–Crippen LogP) is 3.60. The van der Waals surface area contributed by atoms with Gasteiger partial charge in [0, 0.05) is 12.6 Å². The summed E-state index contributed by atoms with van der Waals surface area (Å²) in [5.41, 5.74) is 0.839. The molecule has 150 valence electrons. The number of nitrogens with zero attached hydrogens (tertiary/aromatic N) is 1. The maximum absolute atomic E-state index is 12.1. The monoisotopic (exact) mass is 375 g/mol. The molecular weight excluding hydrogens is 342 g/mol. The van der Waals surface area contributed by atoms with Crippen LogP contribution < -0.4 is 0 Å². The summed E-state index contributed by atoms with van der Waals surface area (Å²) >= 11 is 0. The van der Waals surface area contributed by atoms with E-state index in [0.717, 1.165) is 32.2 Å². The van der Waals surface area contributed by atoms with E-state index in [2.05, 4.69) is 17.0 Å². The zero-order valence-electron chi connectivity index (χ0n) is 17.1. The van der Waals surface area contributed by atoms with Crippen molar-refractivity contribution in [3.63, 3.8) is 0 Å². The van der Waals surface area contributed by atoms with Gasteiger partial charge in [-0.1, -0.05) is 30.3 Å². The molecule has 0 bridgehead atoms. The van der Waals surface area contributed by atoms with Crippen molar-refractivity contribution in [2.75, 3.05) is 20.2 Å². The zero-order valence-corrected chi connectivity index (χ0v) is 17.1. The van der Waals surface area contributed by atoms with E-state index in [9.17, 15) is 9.59 Å². The van der Waals surface area contributed by atoms with Crippen LogP contribution in [0, 0.1) is 5.92 Å². The second-order valence-corrected chi connectivity index (χ2v) is 8.29. The topological polar surface area (TPSA) is 55.8 Å². The van der Waals surface area contributed by atoms with Gasteiger partial charge in [0.2, 0.25) is 0 Å². The van der Waals surface area contributed by atoms with Gasteiger partial charge in [-0.15, -0.1) is 0 Å². The molecule has 0 radical (unpaired) electrons. The highest BCUT2D eigenvalue weighted by Crippen LogP contribution is 2.27. The number of piperidine rings is 1. The Morgan fingerprint density at radius 2 is 1.89 bits per heavy atom. The number of esters is 2. The van der Waals surface area contributed by atoms with E-state index >= 15 is 0 Å². The van der Waals surface area contributed by atoms with E-state index in [1.807, 2.05) is 39.0 Å². The van der Waals surface area contributed by atoms with Crippen LogP contribution in [-0.2, 0) is 25.5 Å². The van der Waals surface area contributed by atoms with Crippen molar-refractivity contribution < 1.29 is 19.1 Å². The fourth-order valence-corrected chi connectivity index (χ4v) is 3.68. The summed E-state index contributed by atoms with van der Waals surface area (Å²) in [5, 5.41) is 0. The Balaban J connectivity index is 1.95. The number of carbonyl (C=O) groups is 2. The smallest absolute Gasteiger partial charge is 0.308 e. The molecule has 5 nitrogen and oxygen atoms in total. The van der Waals surface area contributed by atoms with Crippen molar-refractivity contribution in [3.8, 4) is 0 Å². The van der Waals surface area contributed by atoms with Gasteiger partial charge in [0.15, 0.2) is 0 Å². The van der Waals surface area contributed by atoms with E-state index in [0.29, 0.717) is 13.0 Å². The predicted molar refractivity (Wildman–Crippen MR) is 105 cm³/mol. The van der Waals surface area contributed by atoms with Crippen LogP contribution >= 0.6 is 0 Å². The fourth-order valence-electron chi connectivity index (χ4n) is 3.68. The average Bonchev–Trinajstić information content (AvgIpc) is 2.63. The molecule has 1 aliphatic heterocycles. The lowest BCUT2D eigenvalue weighted by Gasteiger charge is -2.38. The molecule has 5 heteroatoms. The summed E-state index contributed by atoms with van der Waals surface area (Å²) in [7, 11) is 1.45. The summed E-state index contributed by atoms with van der Waals surface area (Å²) in [5.74, 6) is -0.334. The largest absolute Gasteiger partial charge is 0.469 e. The number of carbonyl (C=O) groups excluding carboxylic acids is 2. The first-order valence-electron chi connectivity index (χ1n) is 9.86. The van der Waals surface area contributed by atoms with E-state index in [4.69, 9.17) is 9.47 Å². The summed E-state index contributed by atoms with van der Waals surface area (Å²) < 4.78 is 10.4. The molecule has 1 aromatic rings. The van der Waals surface area contributed by atoms with E-state index < -0.39 is 5.60 Å². The third-order valence-corrected chi connectivity index (χ3v) is 5.00. The molecule has 1 saturated heterocycles. The Labute approximate surface area is 163 Å². The molecule has 1 fully saturated rings. The molecule has 1 heterocycles. The first-order chi connectivity index (χ1) is 12.8. The van der Waals surface area contributed by atoms with Crippen LogP contribution in [0.15, 0.2) is 30.3 Å². The fraction of sp³-hybridized carbons (Fsp3) is 0.636. The minimum atomic E-state index is -0.457. The maximum atomic E-state index is 12.1. The van der Waals surface area contributed by atoms with Crippen LogP contribution in [0.25, 0.3) is 0 Å². The number of ether oxygens (including phenoxy) is 2. The van der Waals surface area contributed by atoms with E-state index in [-0.39, 0.29) is 23.9 Å². The second kappa shape index (κ2) is 9.88. The molecule has 2 atom stereocenters. The molecule has 0 saturated carbocycles. The standard InChI is InChI=1S/C22H33NO4/c1-22(2,3)27-20(24)13-15-23-14-12-18(21(25)26-4)16-19(23)11-10-17-8-6-5-7-9-17/h5-9,18-19H,10-16H2,1-4H3. The maximum Gasteiger partial charge on any atom is 0.308 e. The van der Waals surface area contributed by atoms with Crippen molar-refractivity contribution >= 4 is 11.9 Å². The summed E-state index contributed by atoms with van der Waals surface area (Å²) in [6.07, 6.45) is 3.87. The number of rotatable bonds is 7. The molecule has 1 aromatic carbocycles. The highest BCUT2D eigenvalue weighted by atomic mass is 16.6. The van der Waals surface area contributed by atoms with E-state index in [1.54, 1.807) is 0 Å². The molecule has 2 unspecified atom stereocenters. The number of likely N-dealkylation sites (tertiary alicyclic amines) is 1. The average molecular weight is 376 g/mol. The van der Waals surface area contributed by atoms with Crippen LogP contribution in [0.5, 0.6) is 0 Å². The van der Waals surface area contributed by atoms with Crippen molar-refractivity contribution in [2.45, 2.75) is 64.5 Å². The summed E-state index contributed by atoms with van der Waals surface area (Å²) in [6, 6.07) is 10.6. The van der Waals surface area contributed by atoms with Gasteiger partial charge in [-0.3, -0.25) is 14.5 Å². The van der Waals surface area contributed by atoms with Gasteiger partial charge in [0.05, 0.1) is 19.4 Å². The van der Waals surface area contributed by atoms with Crippen molar-refractivity contribution in [2.24, 2.45) is 5.92 Å². The Morgan fingerprint density at radius 1 is 1.19 bits per heavy atom. The summed E-state index contributed by atoms with van der Waals surface area (Å²) in [6.45, 7) is 7.13. The van der Waals surface area contributed by atoms with Crippen LogP contribution in [0.3, 0.4) is 0 Å². The Kier molecular flexibility index (Phi) is 7.84. The first-order valence-corrected chi connectivity index (χ1v) is 9.86. The Morgan fingerprint density at radius 3 is 2.52 bits per heavy atom. The second-order valence-electron chi connectivity index (χ2n) is 8.29. The lowest BCUT2D eigenvalue weighted by atomic mass is 9.87. The normalized spacial score (nSPS) is 20.9. The van der Waals surface area contributed by atoms with Gasteiger partial charge in [0.1, 0.15) is 5.60 Å². The van der Waals surface area contributed by atoms with Crippen molar-refractivity contribution in [1.82, 2.24) is 4.90 Å². The zero-order chi connectivity index (χ0) is 19.9. The van der Waals surface area contributed by atoms with Crippen molar-refractivity contribution in [1.29, 1.82) is 0 Å². The van der Waals surface area contributed by atoms with Gasteiger partial charge < -0.3 is 9.47 Å². The number of aryl methyl sites for hydroxylation is 1. The first kappa shape index (κ1) is 21.4. The quantitative estimate of drug-likeness (QED) is 0.682. The van der Waals surface area contributed by atoms with Crippen LogP contribution in [-0.4, -0.2) is 48.7 Å². The minimum Gasteiger partial charge on any atom is -0.469 e. The molecule has 27 heavy (non-hydrogen) atoms. The molecule has 0 N–H and O–H groups in total. The SMILES string of the molecule is COC(=O)C1CCN(CCC(=O)OC(C)(C)C)C(CCc2ccccc2)C1. The molecular formula is C22H33NO4.